The lowest BCUT2D eigenvalue weighted by atomic mass is 10.00. The normalized spacial score (nSPS) is 26.1. The predicted octanol–water partition coefficient (Wildman–Crippen LogP) is 3.30. The van der Waals surface area contributed by atoms with E-state index in [9.17, 15) is 9.59 Å². The van der Waals surface area contributed by atoms with Crippen molar-refractivity contribution in [2.24, 2.45) is 11.8 Å². The van der Waals surface area contributed by atoms with Crippen LogP contribution in [0.25, 0.3) is 0 Å². The van der Waals surface area contributed by atoms with Crippen LogP contribution in [0.5, 0.6) is 0 Å². The van der Waals surface area contributed by atoms with Crippen LogP contribution >= 0.6 is 15.9 Å². The minimum Gasteiger partial charge on any atom is -0.274 e. The van der Waals surface area contributed by atoms with Gasteiger partial charge in [0, 0.05) is 4.47 Å². The number of rotatable bonds is 2. The van der Waals surface area contributed by atoms with Crippen LogP contribution in [-0.4, -0.2) is 11.8 Å². The summed E-state index contributed by atoms with van der Waals surface area (Å²) in [4.78, 5) is 26.3. The van der Waals surface area contributed by atoms with Crippen molar-refractivity contribution in [1.82, 2.24) is 0 Å². The fraction of sp³-hybridized carbons (Fsp3) is 0.467. The fourth-order valence-electron chi connectivity index (χ4n) is 3.28. The van der Waals surface area contributed by atoms with Crippen LogP contribution < -0.4 is 4.90 Å². The van der Waals surface area contributed by atoms with Crippen LogP contribution in [0.2, 0.25) is 0 Å². The van der Waals surface area contributed by atoms with Crippen molar-refractivity contribution >= 4 is 33.4 Å². The quantitative estimate of drug-likeness (QED) is 0.784. The topological polar surface area (TPSA) is 37.4 Å². The summed E-state index contributed by atoms with van der Waals surface area (Å²) in [6.07, 6.45) is 3.54. The first kappa shape index (κ1) is 12.9. The molecule has 3 rings (SSSR count). The number of carbonyl (C=O) groups excluding carboxylic acids is 2. The summed E-state index contributed by atoms with van der Waals surface area (Å²) in [5, 5.41) is 0. The minimum atomic E-state index is -0.0687. The fourth-order valence-corrected chi connectivity index (χ4v) is 3.69. The van der Waals surface area contributed by atoms with Gasteiger partial charge in [-0.2, -0.15) is 0 Å². The smallest absolute Gasteiger partial charge is 0.237 e. The summed E-state index contributed by atoms with van der Waals surface area (Å²) in [6, 6.07) is 5.76. The third-order valence-electron chi connectivity index (χ3n) is 4.25. The summed E-state index contributed by atoms with van der Waals surface area (Å²) in [5.74, 6) is -0.129. The van der Waals surface area contributed by atoms with Gasteiger partial charge in [-0.05, 0) is 43.0 Å². The first-order chi connectivity index (χ1) is 9.13. The first-order valence-corrected chi connectivity index (χ1v) is 7.59. The van der Waals surface area contributed by atoms with Gasteiger partial charge in [-0.3, -0.25) is 9.59 Å². The Balaban J connectivity index is 2.03. The zero-order valence-electron chi connectivity index (χ0n) is 10.9. The van der Waals surface area contributed by atoms with E-state index in [1.54, 1.807) is 0 Å². The van der Waals surface area contributed by atoms with Crippen LogP contribution in [0.3, 0.4) is 0 Å². The standard InChI is InChI=1S/C15H16BrNO2/c1-2-9-8-10(16)6-7-13(9)17-14(18)11-4-3-5-12(11)15(17)19/h6-8,11-12H,2-5H2,1H3. The van der Waals surface area contributed by atoms with Crippen molar-refractivity contribution < 1.29 is 9.59 Å². The van der Waals surface area contributed by atoms with Gasteiger partial charge in [-0.15, -0.1) is 0 Å². The molecule has 1 aliphatic heterocycles. The van der Waals surface area contributed by atoms with E-state index in [2.05, 4.69) is 15.9 Å². The van der Waals surface area contributed by atoms with Crippen molar-refractivity contribution in [3.8, 4) is 0 Å². The van der Waals surface area contributed by atoms with Crippen molar-refractivity contribution in [3.05, 3.63) is 28.2 Å². The number of hydrogen-bond acceptors (Lipinski definition) is 2. The molecule has 100 valence electrons. The maximum absolute atomic E-state index is 12.4. The summed E-state index contributed by atoms with van der Waals surface area (Å²) in [7, 11) is 0. The third kappa shape index (κ3) is 1.93. The number of imide groups is 1. The van der Waals surface area contributed by atoms with E-state index in [1.807, 2.05) is 25.1 Å². The lowest BCUT2D eigenvalue weighted by Crippen LogP contribution is -2.32. The van der Waals surface area contributed by atoms with Crippen molar-refractivity contribution in [2.75, 3.05) is 4.90 Å². The molecule has 1 saturated carbocycles. The number of aryl methyl sites for hydroxylation is 1. The second-order valence-electron chi connectivity index (χ2n) is 5.28. The maximum atomic E-state index is 12.4. The summed E-state index contributed by atoms with van der Waals surface area (Å²) in [6.45, 7) is 2.04. The van der Waals surface area contributed by atoms with Crippen molar-refractivity contribution in [3.63, 3.8) is 0 Å². The predicted molar refractivity (Wildman–Crippen MR) is 76.8 cm³/mol. The molecular weight excluding hydrogens is 306 g/mol. The molecule has 1 aromatic rings. The average Bonchev–Trinajstić information content (AvgIpc) is 2.96. The van der Waals surface area contributed by atoms with Crippen LogP contribution in [0.15, 0.2) is 22.7 Å². The van der Waals surface area contributed by atoms with Crippen LogP contribution in [-0.2, 0) is 16.0 Å². The van der Waals surface area contributed by atoms with Crippen molar-refractivity contribution in [2.45, 2.75) is 32.6 Å². The van der Waals surface area contributed by atoms with E-state index in [4.69, 9.17) is 0 Å². The number of amides is 2. The molecule has 1 heterocycles. The van der Waals surface area contributed by atoms with E-state index >= 15 is 0 Å². The van der Waals surface area contributed by atoms with Gasteiger partial charge in [-0.1, -0.05) is 29.3 Å². The number of carbonyl (C=O) groups is 2. The highest BCUT2D eigenvalue weighted by atomic mass is 79.9. The molecule has 0 spiro atoms. The van der Waals surface area contributed by atoms with Gasteiger partial charge in [0.2, 0.25) is 11.8 Å². The molecule has 1 saturated heterocycles. The Morgan fingerprint density at radius 3 is 2.42 bits per heavy atom. The molecule has 19 heavy (non-hydrogen) atoms. The molecule has 2 aliphatic rings. The van der Waals surface area contributed by atoms with E-state index in [0.29, 0.717) is 0 Å². The Kier molecular flexibility index (Phi) is 3.21. The van der Waals surface area contributed by atoms with Gasteiger partial charge in [-0.25, -0.2) is 4.90 Å². The lowest BCUT2D eigenvalue weighted by Gasteiger charge is -2.19. The molecule has 0 N–H and O–H groups in total. The third-order valence-corrected chi connectivity index (χ3v) is 4.75. The molecule has 1 aliphatic carbocycles. The second-order valence-corrected chi connectivity index (χ2v) is 6.20. The molecule has 0 radical (unpaired) electrons. The highest BCUT2D eigenvalue weighted by Crippen LogP contribution is 2.42. The second kappa shape index (κ2) is 4.75. The Hall–Kier alpha value is -1.16. The highest BCUT2D eigenvalue weighted by Gasteiger charge is 2.50. The first-order valence-electron chi connectivity index (χ1n) is 6.79. The Morgan fingerprint density at radius 1 is 1.21 bits per heavy atom. The molecule has 1 aromatic carbocycles. The van der Waals surface area contributed by atoms with E-state index in [1.165, 1.54) is 4.90 Å². The molecule has 0 bridgehead atoms. The Labute approximate surface area is 121 Å². The van der Waals surface area contributed by atoms with Gasteiger partial charge in [0.05, 0.1) is 17.5 Å². The monoisotopic (exact) mass is 321 g/mol. The average molecular weight is 322 g/mol. The SMILES string of the molecule is CCc1cc(Br)ccc1N1C(=O)C2CCCC2C1=O. The molecule has 2 unspecified atom stereocenters. The lowest BCUT2D eigenvalue weighted by molar-refractivity contribution is -0.122. The van der Waals surface area contributed by atoms with E-state index < -0.39 is 0 Å². The largest absolute Gasteiger partial charge is 0.274 e. The van der Waals surface area contributed by atoms with Crippen LogP contribution in [0, 0.1) is 11.8 Å². The molecule has 2 fully saturated rings. The Bertz CT molecular complexity index is 533. The molecule has 2 atom stereocenters. The number of benzene rings is 1. The molecule has 0 aromatic heterocycles. The molecular formula is C15H16BrNO2. The van der Waals surface area contributed by atoms with Gasteiger partial charge >= 0.3 is 0 Å². The summed E-state index contributed by atoms with van der Waals surface area (Å²) >= 11 is 3.44. The molecule has 4 heteroatoms. The Morgan fingerprint density at radius 2 is 1.84 bits per heavy atom. The highest BCUT2D eigenvalue weighted by molar-refractivity contribution is 9.10. The van der Waals surface area contributed by atoms with Crippen LogP contribution in [0.4, 0.5) is 5.69 Å². The van der Waals surface area contributed by atoms with Gasteiger partial charge in [0.15, 0.2) is 0 Å². The number of fused-ring (bicyclic) bond motifs is 1. The van der Waals surface area contributed by atoms with Crippen molar-refractivity contribution in [1.29, 1.82) is 0 Å². The number of halogens is 1. The number of hydrogen-bond donors (Lipinski definition) is 0. The van der Waals surface area contributed by atoms with Crippen LogP contribution in [0.1, 0.15) is 31.7 Å². The molecule has 2 amide bonds. The zero-order chi connectivity index (χ0) is 13.6. The van der Waals surface area contributed by atoms with E-state index in [0.717, 1.165) is 41.4 Å². The minimum absolute atomic E-state index is 0.00419. The summed E-state index contributed by atoms with van der Waals surface area (Å²) in [5.41, 5.74) is 1.81. The number of anilines is 1. The van der Waals surface area contributed by atoms with Gasteiger partial charge in [0.1, 0.15) is 0 Å². The van der Waals surface area contributed by atoms with Gasteiger partial charge in [0.25, 0.3) is 0 Å². The number of nitrogens with zero attached hydrogens (tertiary/aromatic N) is 1. The summed E-state index contributed by atoms with van der Waals surface area (Å²) < 4.78 is 0.979. The maximum Gasteiger partial charge on any atom is 0.237 e. The molecule has 3 nitrogen and oxygen atoms in total. The van der Waals surface area contributed by atoms with Gasteiger partial charge < -0.3 is 0 Å². The zero-order valence-corrected chi connectivity index (χ0v) is 12.4. The van der Waals surface area contributed by atoms with E-state index in [-0.39, 0.29) is 23.7 Å².